The van der Waals surface area contributed by atoms with E-state index in [1.807, 2.05) is 12.1 Å². The van der Waals surface area contributed by atoms with Gasteiger partial charge in [0.25, 0.3) is 0 Å². The van der Waals surface area contributed by atoms with Crippen molar-refractivity contribution in [2.75, 3.05) is 18.0 Å². The third kappa shape index (κ3) is 2.50. The minimum atomic E-state index is 0.364. The summed E-state index contributed by atoms with van der Waals surface area (Å²) >= 11 is 0. The number of aromatic nitrogens is 5. The first kappa shape index (κ1) is 11.7. The lowest BCUT2D eigenvalue weighted by atomic mass is 10.2. The zero-order valence-electron chi connectivity index (χ0n) is 10.1. The zero-order chi connectivity index (χ0) is 12.3. The van der Waals surface area contributed by atoms with Crippen LogP contribution in [0.1, 0.15) is 20.3 Å². The molecule has 0 aliphatic rings. The van der Waals surface area contributed by atoms with Gasteiger partial charge in [0.2, 0.25) is 0 Å². The SMILES string of the molecule is CC(C)N(CCCN)c1ccc2nnnn2n1. The highest BCUT2D eigenvalue weighted by molar-refractivity contribution is 5.44. The molecule has 0 spiro atoms. The number of tetrazole rings is 1. The standard InChI is InChI=1S/C10H17N7/c1-8(2)16(7-3-6-11)10-5-4-9-12-14-15-17(9)13-10/h4-5,8H,3,6-7,11H2,1-2H3. The molecule has 0 saturated heterocycles. The molecule has 0 aliphatic carbocycles. The lowest BCUT2D eigenvalue weighted by molar-refractivity contribution is 0.630. The summed E-state index contributed by atoms with van der Waals surface area (Å²) in [6, 6.07) is 4.16. The molecule has 2 rings (SSSR count). The molecule has 7 heteroatoms. The maximum atomic E-state index is 5.54. The lowest BCUT2D eigenvalue weighted by Gasteiger charge is -2.27. The quantitative estimate of drug-likeness (QED) is 0.790. The van der Waals surface area contributed by atoms with Gasteiger partial charge in [0.05, 0.1) is 0 Å². The monoisotopic (exact) mass is 235 g/mol. The second kappa shape index (κ2) is 5.05. The second-order valence-electron chi connectivity index (χ2n) is 4.15. The minimum absolute atomic E-state index is 0.364. The van der Waals surface area contributed by atoms with Crippen LogP contribution in [0.2, 0.25) is 0 Å². The Kier molecular flexibility index (Phi) is 3.48. The largest absolute Gasteiger partial charge is 0.353 e. The van der Waals surface area contributed by atoms with E-state index in [9.17, 15) is 0 Å². The third-order valence-corrected chi connectivity index (χ3v) is 2.58. The topological polar surface area (TPSA) is 85.2 Å². The number of hydrogen-bond acceptors (Lipinski definition) is 6. The lowest BCUT2D eigenvalue weighted by Crippen LogP contribution is -2.33. The van der Waals surface area contributed by atoms with Crippen molar-refractivity contribution in [3.8, 4) is 0 Å². The molecule has 0 aliphatic heterocycles. The Morgan fingerprint density at radius 3 is 2.94 bits per heavy atom. The van der Waals surface area contributed by atoms with Crippen molar-refractivity contribution in [3.05, 3.63) is 12.1 Å². The highest BCUT2D eigenvalue weighted by Crippen LogP contribution is 2.14. The number of fused-ring (bicyclic) bond motifs is 1. The van der Waals surface area contributed by atoms with E-state index in [0.29, 0.717) is 18.2 Å². The van der Waals surface area contributed by atoms with E-state index in [0.717, 1.165) is 18.8 Å². The van der Waals surface area contributed by atoms with Crippen molar-refractivity contribution < 1.29 is 0 Å². The average Bonchev–Trinajstić information content (AvgIpc) is 2.76. The molecule has 0 unspecified atom stereocenters. The summed E-state index contributed by atoms with van der Waals surface area (Å²) in [5, 5.41) is 15.6. The van der Waals surface area contributed by atoms with Crippen LogP contribution < -0.4 is 10.6 Å². The summed E-state index contributed by atoms with van der Waals surface area (Å²) in [6.45, 7) is 5.81. The number of rotatable bonds is 5. The molecule has 2 heterocycles. The smallest absolute Gasteiger partial charge is 0.200 e. The Bertz CT molecular complexity index is 478. The average molecular weight is 235 g/mol. The zero-order valence-corrected chi connectivity index (χ0v) is 10.1. The molecule has 2 aromatic rings. The van der Waals surface area contributed by atoms with Gasteiger partial charge in [-0.2, -0.15) is 0 Å². The van der Waals surface area contributed by atoms with Gasteiger partial charge in [-0.3, -0.25) is 0 Å². The fourth-order valence-corrected chi connectivity index (χ4v) is 1.69. The van der Waals surface area contributed by atoms with Gasteiger partial charge in [0.1, 0.15) is 0 Å². The number of nitrogens with two attached hydrogens (primary N) is 1. The summed E-state index contributed by atoms with van der Waals surface area (Å²) in [7, 11) is 0. The first-order valence-corrected chi connectivity index (χ1v) is 5.74. The molecule has 0 bridgehead atoms. The van der Waals surface area contributed by atoms with Crippen molar-refractivity contribution in [3.63, 3.8) is 0 Å². The molecule has 2 aromatic heterocycles. The minimum Gasteiger partial charge on any atom is -0.353 e. The van der Waals surface area contributed by atoms with E-state index in [1.54, 1.807) is 0 Å². The number of anilines is 1. The van der Waals surface area contributed by atoms with Crippen LogP contribution in [0.15, 0.2) is 12.1 Å². The second-order valence-corrected chi connectivity index (χ2v) is 4.15. The number of nitrogens with zero attached hydrogens (tertiary/aromatic N) is 6. The maximum Gasteiger partial charge on any atom is 0.200 e. The van der Waals surface area contributed by atoms with Crippen LogP contribution in [-0.4, -0.2) is 44.4 Å². The van der Waals surface area contributed by atoms with E-state index >= 15 is 0 Å². The molecule has 2 N–H and O–H groups in total. The van der Waals surface area contributed by atoms with Crippen LogP contribution >= 0.6 is 0 Å². The number of hydrogen-bond donors (Lipinski definition) is 1. The van der Waals surface area contributed by atoms with Crippen molar-refractivity contribution in [2.24, 2.45) is 5.73 Å². The van der Waals surface area contributed by atoms with Gasteiger partial charge in [0.15, 0.2) is 11.5 Å². The van der Waals surface area contributed by atoms with Crippen LogP contribution in [0.3, 0.4) is 0 Å². The van der Waals surface area contributed by atoms with E-state index in [4.69, 9.17) is 5.73 Å². The molecule has 92 valence electrons. The van der Waals surface area contributed by atoms with Gasteiger partial charge in [-0.1, -0.05) is 0 Å². The summed E-state index contributed by atoms with van der Waals surface area (Å²) in [5.74, 6) is 0.869. The van der Waals surface area contributed by atoms with Gasteiger partial charge in [0, 0.05) is 12.6 Å². The molecule has 0 atom stereocenters. The summed E-state index contributed by atoms with van der Waals surface area (Å²) in [5.41, 5.74) is 6.19. The Labute approximate surface area is 99.6 Å². The molecular weight excluding hydrogens is 218 g/mol. The van der Waals surface area contributed by atoms with Crippen molar-refractivity contribution in [1.82, 2.24) is 25.3 Å². The first-order chi connectivity index (χ1) is 8.22. The normalized spacial score (nSPS) is 11.3. The maximum absolute atomic E-state index is 5.54. The van der Waals surface area contributed by atoms with E-state index in [1.165, 1.54) is 4.63 Å². The molecule has 0 saturated carbocycles. The molecule has 0 radical (unpaired) electrons. The van der Waals surface area contributed by atoms with E-state index in [-0.39, 0.29) is 0 Å². The molecule has 0 fully saturated rings. The van der Waals surface area contributed by atoms with Crippen molar-refractivity contribution >= 4 is 11.5 Å². The molecule has 7 nitrogen and oxygen atoms in total. The predicted molar refractivity (Wildman–Crippen MR) is 64.7 cm³/mol. The van der Waals surface area contributed by atoms with Gasteiger partial charge < -0.3 is 10.6 Å². The summed E-state index contributed by atoms with van der Waals surface area (Å²) in [6.07, 6.45) is 0.938. The van der Waals surface area contributed by atoms with Crippen LogP contribution in [0.5, 0.6) is 0 Å². The molecular formula is C10H17N7. The molecule has 0 amide bonds. The van der Waals surface area contributed by atoms with Crippen molar-refractivity contribution in [2.45, 2.75) is 26.3 Å². The van der Waals surface area contributed by atoms with Crippen LogP contribution in [0.4, 0.5) is 5.82 Å². The van der Waals surface area contributed by atoms with Gasteiger partial charge >= 0.3 is 0 Å². The van der Waals surface area contributed by atoms with E-state index in [2.05, 4.69) is 39.4 Å². The predicted octanol–water partition coefficient (Wildman–Crippen LogP) is 0.0829. The first-order valence-electron chi connectivity index (χ1n) is 5.74. The van der Waals surface area contributed by atoms with Crippen molar-refractivity contribution in [1.29, 1.82) is 0 Å². The summed E-state index contributed by atoms with van der Waals surface area (Å²) < 4.78 is 1.44. The fraction of sp³-hybridized carbons (Fsp3) is 0.600. The Hall–Kier alpha value is -1.76. The van der Waals surface area contributed by atoms with E-state index < -0.39 is 0 Å². The van der Waals surface area contributed by atoms with Crippen LogP contribution in [-0.2, 0) is 0 Å². The Balaban J connectivity index is 2.27. The fourth-order valence-electron chi connectivity index (χ4n) is 1.69. The highest BCUT2D eigenvalue weighted by atomic mass is 15.6. The molecule has 0 aromatic carbocycles. The highest BCUT2D eigenvalue weighted by Gasteiger charge is 2.12. The van der Waals surface area contributed by atoms with Crippen LogP contribution in [0, 0.1) is 0 Å². The Morgan fingerprint density at radius 1 is 1.41 bits per heavy atom. The van der Waals surface area contributed by atoms with Gasteiger partial charge in [-0.05, 0) is 49.4 Å². The van der Waals surface area contributed by atoms with Gasteiger partial charge in [-0.15, -0.1) is 14.8 Å². The third-order valence-electron chi connectivity index (χ3n) is 2.58. The summed E-state index contributed by atoms with van der Waals surface area (Å²) in [4.78, 5) is 2.19. The Morgan fingerprint density at radius 2 is 2.24 bits per heavy atom. The van der Waals surface area contributed by atoms with Crippen LogP contribution in [0.25, 0.3) is 5.65 Å². The molecule has 17 heavy (non-hydrogen) atoms. The van der Waals surface area contributed by atoms with Gasteiger partial charge in [-0.25, -0.2) is 0 Å².